The van der Waals surface area contributed by atoms with Crippen LogP contribution in [0.3, 0.4) is 0 Å². The van der Waals surface area contributed by atoms with E-state index in [-0.39, 0.29) is 6.09 Å². The number of carbonyl (C=O) groups is 1. The van der Waals surface area contributed by atoms with Gasteiger partial charge in [0.05, 0.1) is 6.61 Å². The Morgan fingerprint density at radius 3 is 2.67 bits per heavy atom. The number of ether oxygens (including phenoxy) is 1. The van der Waals surface area contributed by atoms with Gasteiger partial charge >= 0.3 is 6.09 Å². The van der Waals surface area contributed by atoms with Crippen molar-refractivity contribution in [2.45, 2.75) is 20.8 Å². The lowest BCUT2D eigenvalue weighted by Crippen LogP contribution is -2.49. The summed E-state index contributed by atoms with van der Waals surface area (Å²) in [5, 5.41) is 3.32. The molecule has 0 radical (unpaired) electrons. The summed E-state index contributed by atoms with van der Waals surface area (Å²) in [6, 6.07) is 6.07. The van der Waals surface area contributed by atoms with E-state index < -0.39 is 0 Å². The van der Waals surface area contributed by atoms with Crippen molar-refractivity contribution < 1.29 is 9.53 Å². The van der Waals surface area contributed by atoms with Gasteiger partial charge in [-0.25, -0.2) is 14.8 Å². The van der Waals surface area contributed by atoms with Crippen LogP contribution in [0.15, 0.2) is 24.5 Å². The topological polar surface area (TPSA) is 96.6 Å². The van der Waals surface area contributed by atoms with E-state index >= 15 is 0 Å². The Hall–Kier alpha value is -3.03. The van der Waals surface area contributed by atoms with Crippen LogP contribution < -0.4 is 16.0 Å². The molecule has 1 aromatic carbocycles. The van der Waals surface area contributed by atoms with Crippen LogP contribution in [0.2, 0.25) is 0 Å². The molecule has 1 amide bonds. The quantitative estimate of drug-likeness (QED) is 0.854. The van der Waals surface area contributed by atoms with Crippen LogP contribution in [0.1, 0.15) is 18.1 Å². The van der Waals surface area contributed by atoms with E-state index in [9.17, 15) is 4.79 Å². The number of nitrogens with two attached hydrogens (primary N) is 1. The number of nitrogens with zero attached hydrogens (tertiary/aromatic N) is 4. The van der Waals surface area contributed by atoms with Gasteiger partial charge in [-0.15, -0.1) is 0 Å². The molecule has 2 aromatic rings. The van der Waals surface area contributed by atoms with Gasteiger partial charge in [0.25, 0.3) is 0 Å². The first-order valence-corrected chi connectivity index (χ1v) is 9.11. The predicted octanol–water partition coefficient (Wildman–Crippen LogP) is 2.70. The van der Waals surface area contributed by atoms with Gasteiger partial charge in [-0.1, -0.05) is 12.1 Å². The Bertz CT molecular complexity index is 818. The van der Waals surface area contributed by atoms with E-state index in [4.69, 9.17) is 10.5 Å². The van der Waals surface area contributed by atoms with E-state index in [0.717, 1.165) is 11.3 Å². The van der Waals surface area contributed by atoms with Crippen molar-refractivity contribution in [3.63, 3.8) is 0 Å². The maximum atomic E-state index is 11.8. The number of hydrogen-bond acceptors (Lipinski definition) is 7. The maximum Gasteiger partial charge on any atom is 0.409 e. The molecule has 1 saturated heterocycles. The van der Waals surface area contributed by atoms with Crippen LogP contribution in [0, 0.1) is 13.8 Å². The molecule has 27 heavy (non-hydrogen) atoms. The summed E-state index contributed by atoms with van der Waals surface area (Å²) in [7, 11) is 0. The van der Waals surface area contributed by atoms with Gasteiger partial charge in [-0.2, -0.15) is 0 Å². The zero-order valence-electron chi connectivity index (χ0n) is 16.0. The Balaban J connectivity index is 1.74. The van der Waals surface area contributed by atoms with Gasteiger partial charge in [0.15, 0.2) is 11.6 Å². The normalized spacial score (nSPS) is 14.2. The van der Waals surface area contributed by atoms with Crippen molar-refractivity contribution in [1.82, 2.24) is 14.9 Å². The van der Waals surface area contributed by atoms with Gasteiger partial charge in [-0.05, 0) is 38.0 Å². The van der Waals surface area contributed by atoms with Crippen molar-refractivity contribution in [1.29, 1.82) is 0 Å². The van der Waals surface area contributed by atoms with E-state index in [1.165, 1.54) is 11.9 Å². The number of piperazine rings is 1. The molecular formula is C19H26N6O2. The summed E-state index contributed by atoms with van der Waals surface area (Å²) in [6.07, 6.45) is 1.24. The third kappa shape index (κ3) is 4.05. The fourth-order valence-corrected chi connectivity index (χ4v) is 3.07. The minimum absolute atomic E-state index is 0.273. The highest BCUT2D eigenvalue weighted by Crippen LogP contribution is 2.30. The van der Waals surface area contributed by atoms with E-state index in [2.05, 4.69) is 40.1 Å². The van der Waals surface area contributed by atoms with Gasteiger partial charge in [0.2, 0.25) is 0 Å². The molecule has 1 aliphatic rings. The molecule has 1 aromatic heterocycles. The molecule has 0 atom stereocenters. The molecular weight excluding hydrogens is 344 g/mol. The molecule has 3 N–H and O–H groups in total. The first-order valence-electron chi connectivity index (χ1n) is 9.11. The molecule has 1 aliphatic heterocycles. The number of aromatic nitrogens is 2. The second-order valence-corrected chi connectivity index (χ2v) is 6.51. The molecule has 144 valence electrons. The Morgan fingerprint density at radius 1 is 1.22 bits per heavy atom. The number of nitrogens with one attached hydrogen (secondary N) is 1. The number of amides is 1. The third-order valence-electron chi connectivity index (χ3n) is 4.83. The molecule has 3 rings (SSSR count). The van der Waals surface area contributed by atoms with Crippen molar-refractivity contribution >= 4 is 29.1 Å². The molecule has 0 unspecified atom stereocenters. The Kier molecular flexibility index (Phi) is 5.63. The largest absolute Gasteiger partial charge is 0.450 e. The standard InChI is InChI=1S/C19H26N6O2/c1-4-27-19(26)25-10-8-24(9-11-25)18-16(20)17(21-12-22-18)23-15-7-5-6-13(2)14(15)3/h5-7,12H,4,8-11,20H2,1-3H3,(H,21,22,23). The summed E-state index contributed by atoms with van der Waals surface area (Å²) in [5.74, 6) is 1.27. The number of anilines is 4. The fraction of sp³-hybridized carbons (Fsp3) is 0.421. The van der Waals surface area contributed by atoms with E-state index in [0.29, 0.717) is 50.1 Å². The summed E-state index contributed by atoms with van der Waals surface area (Å²) in [6.45, 7) is 8.74. The van der Waals surface area contributed by atoms with E-state index in [1.807, 2.05) is 12.1 Å². The first kappa shape index (κ1) is 18.8. The molecule has 0 spiro atoms. The number of benzene rings is 1. The summed E-state index contributed by atoms with van der Waals surface area (Å²) in [4.78, 5) is 24.3. The number of aryl methyl sites for hydroxylation is 1. The van der Waals surface area contributed by atoms with Crippen molar-refractivity contribution in [2.24, 2.45) is 0 Å². The fourth-order valence-electron chi connectivity index (χ4n) is 3.07. The lowest BCUT2D eigenvalue weighted by Gasteiger charge is -2.35. The number of carbonyl (C=O) groups excluding carboxylic acids is 1. The smallest absolute Gasteiger partial charge is 0.409 e. The minimum atomic E-state index is -0.273. The SMILES string of the molecule is CCOC(=O)N1CCN(c2ncnc(Nc3cccc(C)c3C)c2N)CC1. The minimum Gasteiger partial charge on any atom is -0.450 e. The number of rotatable bonds is 4. The van der Waals surface area contributed by atoms with Crippen LogP contribution in [-0.2, 0) is 4.74 Å². The average Bonchev–Trinajstić information content (AvgIpc) is 2.67. The van der Waals surface area contributed by atoms with Crippen molar-refractivity contribution in [3.8, 4) is 0 Å². The summed E-state index contributed by atoms with van der Waals surface area (Å²) < 4.78 is 5.06. The molecule has 1 fully saturated rings. The van der Waals surface area contributed by atoms with Crippen LogP contribution in [0.25, 0.3) is 0 Å². The molecule has 8 heteroatoms. The summed E-state index contributed by atoms with van der Waals surface area (Å²) in [5.41, 5.74) is 10.2. The average molecular weight is 370 g/mol. The molecule has 0 saturated carbocycles. The van der Waals surface area contributed by atoms with Crippen LogP contribution in [0.5, 0.6) is 0 Å². The maximum absolute atomic E-state index is 11.8. The highest BCUT2D eigenvalue weighted by atomic mass is 16.6. The zero-order valence-corrected chi connectivity index (χ0v) is 16.0. The lowest BCUT2D eigenvalue weighted by atomic mass is 10.1. The van der Waals surface area contributed by atoms with Gasteiger partial charge in [0, 0.05) is 31.9 Å². The van der Waals surface area contributed by atoms with Gasteiger partial charge in [0.1, 0.15) is 12.0 Å². The van der Waals surface area contributed by atoms with Gasteiger partial charge in [-0.3, -0.25) is 0 Å². The highest BCUT2D eigenvalue weighted by molar-refractivity contribution is 5.79. The molecule has 8 nitrogen and oxygen atoms in total. The summed E-state index contributed by atoms with van der Waals surface area (Å²) >= 11 is 0. The monoisotopic (exact) mass is 370 g/mol. The molecule has 2 heterocycles. The van der Waals surface area contributed by atoms with Gasteiger partial charge < -0.3 is 25.6 Å². The van der Waals surface area contributed by atoms with Crippen molar-refractivity contribution in [3.05, 3.63) is 35.7 Å². The second-order valence-electron chi connectivity index (χ2n) is 6.51. The van der Waals surface area contributed by atoms with Crippen LogP contribution in [-0.4, -0.2) is 53.7 Å². The lowest BCUT2D eigenvalue weighted by molar-refractivity contribution is 0.105. The Morgan fingerprint density at radius 2 is 1.96 bits per heavy atom. The second kappa shape index (κ2) is 8.11. The van der Waals surface area contributed by atoms with Crippen LogP contribution in [0.4, 0.5) is 27.8 Å². The highest BCUT2D eigenvalue weighted by Gasteiger charge is 2.24. The first-order chi connectivity index (χ1) is 13.0. The Labute approximate surface area is 159 Å². The number of nitrogen functional groups attached to an aromatic ring is 1. The van der Waals surface area contributed by atoms with Crippen LogP contribution >= 0.6 is 0 Å². The predicted molar refractivity (Wildman–Crippen MR) is 106 cm³/mol. The van der Waals surface area contributed by atoms with Crippen molar-refractivity contribution in [2.75, 3.05) is 48.7 Å². The third-order valence-corrected chi connectivity index (χ3v) is 4.83. The zero-order chi connectivity index (χ0) is 19.4. The molecule has 0 aliphatic carbocycles. The molecule has 0 bridgehead atoms. The number of hydrogen-bond donors (Lipinski definition) is 2. The van der Waals surface area contributed by atoms with E-state index in [1.54, 1.807) is 11.8 Å².